The van der Waals surface area contributed by atoms with Crippen molar-refractivity contribution in [3.8, 4) is 28.4 Å². The number of carbonyl (C=O) groups is 1. The maximum Gasteiger partial charge on any atom is 0.172 e. The van der Waals surface area contributed by atoms with Gasteiger partial charge in [-0.1, -0.05) is 12.1 Å². The number of aldehydes is 1. The van der Waals surface area contributed by atoms with E-state index in [-0.39, 0.29) is 17.1 Å². The van der Waals surface area contributed by atoms with Gasteiger partial charge in [0.15, 0.2) is 23.6 Å². The maximum atomic E-state index is 11.5. The number of nitrogens with one attached hydrogen (secondary N) is 1. The van der Waals surface area contributed by atoms with E-state index < -0.39 is 0 Å². The van der Waals surface area contributed by atoms with Gasteiger partial charge < -0.3 is 34.3 Å². The molecule has 3 aromatic rings. The smallest absolute Gasteiger partial charge is 0.172 e. The van der Waals surface area contributed by atoms with Crippen molar-refractivity contribution in [1.29, 1.82) is 0 Å². The van der Waals surface area contributed by atoms with Crippen LogP contribution in [0.5, 0.6) is 17.2 Å². The Bertz CT molecular complexity index is 1600. The fourth-order valence-electron chi connectivity index (χ4n) is 6.36. The molecule has 4 aliphatic heterocycles. The minimum absolute atomic E-state index is 0.0546. The number of phenols is 1. The van der Waals surface area contributed by atoms with Gasteiger partial charge in [-0.05, 0) is 69.1 Å². The number of piperidine rings is 1. The molecule has 8 nitrogen and oxygen atoms in total. The predicted octanol–water partition coefficient (Wildman–Crippen LogP) is 6.89. The van der Waals surface area contributed by atoms with Crippen LogP contribution in [0.2, 0.25) is 0 Å². The van der Waals surface area contributed by atoms with Crippen LogP contribution in [0.25, 0.3) is 28.5 Å². The molecule has 2 N–H and O–H groups in total. The summed E-state index contributed by atoms with van der Waals surface area (Å²) in [7, 11) is 3.68. The van der Waals surface area contributed by atoms with Gasteiger partial charge in [0, 0.05) is 58.7 Å². The van der Waals surface area contributed by atoms with Crippen LogP contribution in [0.15, 0.2) is 41.8 Å². The first-order chi connectivity index (χ1) is 20.6. The van der Waals surface area contributed by atoms with Crippen molar-refractivity contribution in [2.24, 2.45) is 0 Å². The fourth-order valence-corrected chi connectivity index (χ4v) is 7.15. The molecule has 0 bridgehead atoms. The average Bonchev–Trinajstić information content (AvgIpc) is 3.63. The van der Waals surface area contributed by atoms with Gasteiger partial charge in [0.25, 0.3) is 0 Å². The standard InChI is InChI=1S/C26H23NO4S.C8H15NO2/c1-14-12-26(2,3)27-17-6-5-16-23(22(14)17)20(11-21-15(13-28)9-10-32-21)31-19-8-7-18(29)25(30-4)24(16)19;1-9-4-2-8(3-5-9)10-6-7-11-8/h5-13,27,29H,1-4H3;2-7H2,1H3/b20-11-;. The lowest BCUT2D eigenvalue weighted by atomic mass is 9.83. The quantitative estimate of drug-likeness (QED) is 0.313. The summed E-state index contributed by atoms with van der Waals surface area (Å²) in [5.74, 6) is 1.48. The number of hydrogen-bond donors (Lipinski definition) is 2. The van der Waals surface area contributed by atoms with Crippen molar-refractivity contribution >= 4 is 40.7 Å². The van der Waals surface area contributed by atoms with Gasteiger partial charge in [-0.15, -0.1) is 11.3 Å². The number of rotatable bonds is 3. The van der Waals surface area contributed by atoms with E-state index in [1.54, 1.807) is 18.2 Å². The normalized spacial score (nSPS) is 20.5. The molecule has 0 atom stereocenters. The van der Waals surface area contributed by atoms with Crippen LogP contribution in [0.3, 0.4) is 0 Å². The third-order valence-electron chi connectivity index (χ3n) is 8.35. The van der Waals surface area contributed by atoms with Crippen LogP contribution in [0, 0.1) is 0 Å². The van der Waals surface area contributed by atoms with Crippen molar-refractivity contribution in [2.45, 2.75) is 44.9 Å². The lowest BCUT2D eigenvalue weighted by molar-refractivity contribution is -0.183. The minimum atomic E-state index is -0.188. The molecule has 0 unspecified atom stereocenters. The van der Waals surface area contributed by atoms with E-state index in [4.69, 9.17) is 18.9 Å². The van der Waals surface area contributed by atoms with Gasteiger partial charge in [-0.25, -0.2) is 0 Å². The molecule has 0 amide bonds. The number of nitrogens with zero attached hydrogens (tertiary/aromatic N) is 1. The van der Waals surface area contributed by atoms with Gasteiger partial charge in [0.1, 0.15) is 11.5 Å². The summed E-state index contributed by atoms with van der Waals surface area (Å²) in [6, 6.07) is 9.20. The second-order valence-electron chi connectivity index (χ2n) is 12.0. The molecule has 2 aromatic carbocycles. The molecule has 4 aliphatic rings. The lowest BCUT2D eigenvalue weighted by Gasteiger charge is -2.35. The van der Waals surface area contributed by atoms with Crippen molar-refractivity contribution in [3.05, 3.63) is 63.4 Å². The SMILES string of the molecule is CN1CCC2(CC1)OCCO2.COc1c(O)ccc2c1-c1ccc3c(c1/C(=C/c1sccc1C=O)O2)C(C)=CC(C)(C)N3. The first-order valence-corrected chi connectivity index (χ1v) is 15.5. The first-order valence-electron chi connectivity index (χ1n) is 14.6. The molecule has 226 valence electrons. The van der Waals surface area contributed by atoms with Gasteiger partial charge in [0.05, 0.1) is 31.4 Å². The molecule has 43 heavy (non-hydrogen) atoms. The summed E-state index contributed by atoms with van der Waals surface area (Å²) in [5, 5.41) is 15.9. The Morgan fingerprint density at radius 2 is 1.79 bits per heavy atom. The number of methoxy groups -OCH3 is 1. The molecule has 1 aromatic heterocycles. The number of allylic oxidation sites excluding steroid dienone is 1. The summed E-state index contributed by atoms with van der Waals surface area (Å²) >= 11 is 1.49. The third-order valence-corrected chi connectivity index (χ3v) is 9.23. The molecule has 1 spiro atoms. The highest BCUT2D eigenvalue weighted by molar-refractivity contribution is 7.11. The zero-order valence-corrected chi connectivity index (χ0v) is 26.1. The summed E-state index contributed by atoms with van der Waals surface area (Å²) in [6.07, 6.45) is 7.04. The number of ether oxygens (including phenoxy) is 4. The lowest BCUT2D eigenvalue weighted by Crippen LogP contribution is -2.43. The zero-order valence-electron chi connectivity index (χ0n) is 25.3. The van der Waals surface area contributed by atoms with Crippen molar-refractivity contribution < 1.29 is 28.8 Å². The highest BCUT2D eigenvalue weighted by Gasteiger charge is 2.39. The van der Waals surface area contributed by atoms with Crippen molar-refractivity contribution in [3.63, 3.8) is 0 Å². The van der Waals surface area contributed by atoms with E-state index in [1.807, 2.05) is 17.5 Å². The first kappa shape index (κ1) is 29.4. The topological polar surface area (TPSA) is 89.5 Å². The molecule has 2 fully saturated rings. The van der Waals surface area contributed by atoms with Crippen LogP contribution >= 0.6 is 11.3 Å². The summed E-state index contributed by atoms with van der Waals surface area (Å²) < 4.78 is 23.1. The third kappa shape index (κ3) is 5.58. The largest absolute Gasteiger partial charge is 0.504 e. The van der Waals surface area contributed by atoms with E-state index >= 15 is 0 Å². The van der Waals surface area contributed by atoms with E-state index in [0.717, 1.165) is 78.3 Å². The van der Waals surface area contributed by atoms with Gasteiger partial charge in [-0.3, -0.25) is 4.79 Å². The van der Waals surface area contributed by atoms with Crippen molar-refractivity contribution in [1.82, 2.24) is 4.90 Å². The molecule has 0 radical (unpaired) electrons. The number of carbonyl (C=O) groups excluding carboxylic acids is 1. The van der Waals surface area contributed by atoms with E-state index in [1.165, 1.54) is 18.4 Å². The molecule has 0 aliphatic carbocycles. The molecule has 7 rings (SSSR count). The number of phenolic OH excluding ortho intramolecular Hbond substituents is 1. The highest BCUT2D eigenvalue weighted by atomic mass is 32.1. The van der Waals surface area contributed by atoms with Crippen LogP contribution in [0.4, 0.5) is 5.69 Å². The Morgan fingerprint density at radius 1 is 1.05 bits per heavy atom. The number of hydrogen-bond acceptors (Lipinski definition) is 9. The average molecular weight is 603 g/mol. The number of aromatic hydroxyl groups is 1. The second-order valence-corrected chi connectivity index (χ2v) is 12.9. The van der Waals surface area contributed by atoms with E-state index in [0.29, 0.717) is 28.4 Å². The molecule has 9 heteroatoms. The highest BCUT2D eigenvalue weighted by Crippen LogP contribution is 2.54. The molecule has 0 saturated carbocycles. The Morgan fingerprint density at radius 3 is 2.49 bits per heavy atom. The number of likely N-dealkylation sites (tertiary alicyclic amines) is 1. The number of fused-ring (bicyclic) bond motifs is 5. The zero-order chi connectivity index (χ0) is 30.4. The van der Waals surface area contributed by atoms with Crippen molar-refractivity contribution in [2.75, 3.05) is 45.8 Å². The Hall–Kier alpha value is -3.63. The predicted molar refractivity (Wildman–Crippen MR) is 171 cm³/mol. The Kier molecular flexibility index (Phi) is 7.85. The molecular weight excluding hydrogens is 564 g/mol. The Balaban J connectivity index is 0.000000250. The number of thiophene rings is 1. The van der Waals surface area contributed by atoms with Crippen LogP contribution < -0.4 is 14.8 Å². The summed E-state index contributed by atoms with van der Waals surface area (Å²) in [6.45, 7) is 10.1. The summed E-state index contributed by atoms with van der Waals surface area (Å²) in [5.41, 5.74) is 6.13. The molecule has 2 saturated heterocycles. The monoisotopic (exact) mass is 602 g/mol. The second kappa shape index (κ2) is 11.5. The number of anilines is 1. The fraction of sp³-hybridized carbons (Fsp3) is 0.382. The molecular formula is C34H38N2O6S. The van der Waals surface area contributed by atoms with Crippen LogP contribution in [-0.4, -0.2) is 68.1 Å². The molecule has 5 heterocycles. The number of benzene rings is 2. The van der Waals surface area contributed by atoms with E-state index in [2.05, 4.69) is 50.2 Å². The van der Waals surface area contributed by atoms with Crippen LogP contribution in [0.1, 0.15) is 60.0 Å². The minimum Gasteiger partial charge on any atom is -0.504 e. The van der Waals surface area contributed by atoms with Gasteiger partial charge in [0.2, 0.25) is 0 Å². The summed E-state index contributed by atoms with van der Waals surface area (Å²) in [4.78, 5) is 14.7. The van der Waals surface area contributed by atoms with E-state index in [9.17, 15) is 9.90 Å². The van der Waals surface area contributed by atoms with Gasteiger partial charge in [-0.2, -0.15) is 0 Å². The maximum absolute atomic E-state index is 11.5. The Labute approximate surface area is 256 Å². The van der Waals surface area contributed by atoms with Gasteiger partial charge >= 0.3 is 0 Å². The van der Waals surface area contributed by atoms with Crippen LogP contribution in [-0.2, 0) is 9.47 Å².